The lowest BCUT2D eigenvalue weighted by molar-refractivity contribution is -0.146. The topological polar surface area (TPSA) is 66.8 Å². The zero-order valence-corrected chi connectivity index (χ0v) is 10.6. The van der Waals surface area contributed by atoms with Gasteiger partial charge in [0.1, 0.15) is 5.75 Å². The van der Waals surface area contributed by atoms with Gasteiger partial charge in [0.15, 0.2) is 6.10 Å². The van der Waals surface area contributed by atoms with Crippen molar-refractivity contribution in [3.8, 4) is 5.75 Å². The Morgan fingerprint density at radius 2 is 1.89 bits per heavy atom. The molecule has 1 atom stereocenters. The first-order valence-electron chi connectivity index (χ1n) is 6.28. The van der Waals surface area contributed by atoms with Gasteiger partial charge in [-0.15, -0.1) is 0 Å². The highest BCUT2D eigenvalue weighted by Gasteiger charge is 2.15. The SMILES string of the molecule is CCCCCCOc1ccc([C@@H](O)C(=O)O)cc1. The average Bonchev–Trinajstić information content (AvgIpc) is 2.38. The van der Waals surface area contributed by atoms with Crippen LogP contribution in [-0.2, 0) is 4.79 Å². The van der Waals surface area contributed by atoms with E-state index in [2.05, 4.69) is 6.92 Å². The molecule has 1 aromatic rings. The number of hydrogen-bond acceptors (Lipinski definition) is 3. The van der Waals surface area contributed by atoms with Gasteiger partial charge in [-0.25, -0.2) is 4.79 Å². The molecule has 0 saturated carbocycles. The summed E-state index contributed by atoms with van der Waals surface area (Å²) in [4.78, 5) is 10.6. The Bertz CT molecular complexity index is 359. The van der Waals surface area contributed by atoms with Crippen molar-refractivity contribution in [1.29, 1.82) is 0 Å². The van der Waals surface area contributed by atoms with Crippen LogP contribution in [0.5, 0.6) is 5.75 Å². The number of carboxylic acids is 1. The van der Waals surface area contributed by atoms with E-state index in [0.717, 1.165) is 12.8 Å². The normalized spacial score (nSPS) is 12.1. The molecule has 0 bridgehead atoms. The number of carboxylic acid groups (broad SMARTS) is 1. The number of aliphatic hydroxyl groups is 1. The summed E-state index contributed by atoms with van der Waals surface area (Å²) in [5, 5.41) is 18.0. The van der Waals surface area contributed by atoms with Gasteiger partial charge in [0, 0.05) is 0 Å². The number of aliphatic hydroxyl groups excluding tert-OH is 1. The molecule has 0 unspecified atom stereocenters. The largest absolute Gasteiger partial charge is 0.494 e. The monoisotopic (exact) mass is 252 g/mol. The highest BCUT2D eigenvalue weighted by Crippen LogP contribution is 2.18. The van der Waals surface area contributed by atoms with Crippen molar-refractivity contribution in [1.82, 2.24) is 0 Å². The van der Waals surface area contributed by atoms with Crippen molar-refractivity contribution in [3.63, 3.8) is 0 Å². The summed E-state index contributed by atoms with van der Waals surface area (Å²) in [6.07, 6.45) is 3.12. The number of benzene rings is 1. The molecular weight excluding hydrogens is 232 g/mol. The van der Waals surface area contributed by atoms with Crippen molar-refractivity contribution in [3.05, 3.63) is 29.8 Å². The van der Waals surface area contributed by atoms with E-state index < -0.39 is 12.1 Å². The van der Waals surface area contributed by atoms with Crippen LogP contribution in [0.15, 0.2) is 24.3 Å². The summed E-state index contributed by atoms with van der Waals surface area (Å²) in [6, 6.07) is 6.50. The zero-order chi connectivity index (χ0) is 13.4. The van der Waals surface area contributed by atoms with Gasteiger partial charge >= 0.3 is 5.97 Å². The molecule has 0 aliphatic carbocycles. The van der Waals surface area contributed by atoms with Crippen LogP contribution >= 0.6 is 0 Å². The van der Waals surface area contributed by atoms with Crippen LogP contribution in [-0.4, -0.2) is 22.8 Å². The maximum Gasteiger partial charge on any atom is 0.337 e. The molecule has 0 saturated heterocycles. The minimum absolute atomic E-state index is 0.362. The fourth-order valence-electron chi connectivity index (χ4n) is 1.61. The maximum absolute atomic E-state index is 10.6. The lowest BCUT2D eigenvalue weighted by atomic mass is 10.1. The third kappa shape index (κ3) is 4.75. The molecule has 2 N–H and O–H groups in total. The Kier molecular flexibility index (Phi) is 6.22. The Hall–Kier alpha value is -1.55. The zero-order valence-electron chi connectivity index (χ0n) is 10.6. The molecule has 0 aliphatic heterocycles. The fraction of sp³-hybridized carbons (Fsp3) is 0.500. The van der Waals surface area contributed by atoms with Gasteiger partial charge in [0.25, 0.3) is 0 Å². The van der Waals surface area contributed by atoms with E-state index in [1.807, 2.05) is 0 Å². The molecule has 0 heterocycles. The third-order valence-corrected chi connectivity index (χ3v) is 2.70. The molecule has 1 rings (SSSR count). The summed E-state index contributed by atoms with van der Waals surface area (Å²) in [5.74, 6) is -0.545. The van der Waals surface area contributed by atoms with Crippen LogP contribution < -0.4 is 4.74 Å². The molecule has 0 aromatic heterocycles. The molecule has 0 amide bonds. The van der Waals surface area contributed by atoms with Gasteiger partial charge in [-0.2, -0.15) is 0 Å². The van der Waals surface area contributed by atoms with Gasteiger partial charge < -0.3 is 14.9 Å². The number of rotatable bonds is 8. The molecule has 0 fully saturated rings. The van der Waals surface area contributed by atoms with E-state index in [1.54, 1.807) is 24.3 Å². The van der Waals surface area contributed by atoms with Crippen molar-refractivity contribution in [2.24, 2.45) is 0 Å². The van der Waals surface area contributed by atoms with Gasteiger partial charge in [0.05, 0.1) is 6.61 Å². The van der Waals surface area contributed by atoms with E-state index in [4.69, 9.17) is 9.84 Å². The van der Waals surface area contributed by atoms with E-state index >= 15 is 0 Å². The van der Waals surface area contributed by atoms with E-state index in [-0.39, 0.29) is 0 Å². The lowest BCUT2D eigenvalue weighted by Crippen LogP contribution is -2.10. The highest BCUT2D eigenvalue weighted by molar-refractivity contribution is 5.74. The molecule has 0 aliphatic rings. The molecule has 1 aromatic carbocycles. The predicted molar refractivity (Wildman–Crippen MR) is 68.7 cm³/mol. The summed E-state index contributed by atoms with van der Waals surface area (Å²) in [6.45, 7) is 2.83. The second-order valence-electron chi connectivity index (χ2n) is 4.22. The number of aliphatic carboxylic acids is 1. The summed E-state index contributed by atoms with van der Waals surface area (Å²) in [7, 11) is 0. The highest BCUT2D eigenvalue weighted by atomic mass is 16.5. The van der Waals surface area contributed by atoms with E-state index in [0.29, 0.717) is 17.9 Å². The van der Waals surface area contributed by atoms with Crippen LogP contribution in [0.4, 0.5) is 0 Å². The second-order valence-corrected chi connectivity index (χ2v) is 4.22. The first-order chi connectivity index (χ1) is 8.65. The van der Waals surface area contributed by atoms with E-state index in [1.165, 1.54) is 12.8 Å². The maximum atomic E-state index is 10.6. The lowest BCUT2D eigenvalue weighted by Gasteiger charge is -2.08. The first-order valence-corrected chi connectivity index (χ1v) is 6.28. The van der Waals surface area contributed by atoms with Crippen LogP contribution in [0, 0.1) is 0 Å². The summed E-state index contributed by atoms with van der Waals surface area (Å²) in [5.41, 5.74) is 0.362. The molecule has 100 valence electrons. The molecule has 0 radical (unpaired) electrons. The standard InChI is InChI=1S/C14H20O4/c1-2-3-4-5-10-18-12-8-6-11(7-9-12)13(15)14(16)17/h6-9,13,15H,2-5,10H2,1H3,(H,16,17)/t13-/m1/s1. The smallest absolute Gasteiger partial charge is 0.337 e. The van der Waals surface area contributed by atoms with Gasteiger partial charge in [-0.3, -0.25) is 0 Å². The quantitative estimate of drug-likeness (QED) is 0.698. The Balaban J connectivity index is 2.38. The van der Waals surface area contributed by atoms with Crippen molar-refractivity contribution >= 4 is 5.97 Å². The van der Waals surface area contributed by atoms with Gasteiger partial charge in [-0.05, 0) is 24.1 Å². The Morgan fingerprint density at radius 3 is 2.44 bits per heavy atom. The fourth-order valence-corrected chi connectivity index (χ4v) is 1.61. The van der Waals surface area contributed by atoms with Crippen LogP contribution in [0.25, 0.3) is 0 Å². The van der Waals surface area contributed by atoms with Crippen LogP contribution in [0.1, 0.15) is 44.3 Å². The van der Waals surface area contributed by atoms with Gasteiger partial charge in [0.2, 0.25) is 0 Å². The van der Waals surface area contributed by atoms with Crippen molar-refractivity contribution < 1.29 is 19.7 Å². The minimum Gasteiger partial charge on any atom is -0.494 e. The third-order valence-electron chi connectivity index (χ3n) is 2.70. The molecule has 18 heavy (non-hydrogen) atoms. The van der Waals surface area contributed by atoms with E-state index in [9.17, 15) is 9.90 Å². The number of ether oxygens (including phenoxy) is 1. The summed E-state index contributed by atoms with van der Waals surface area (Å²) < 4.78 is 5.52. The Labute approximate surface area is 107 Å². The number of unbranched alkanes of at least 4 members (excludes halogenated alkanes) is 3. The van der Waals surface area contributed by atoms with Gasteiger partial charge in [-0.1, -0.05) is 38.3 Å². The van der Waals surface area contributed by atoms with Crippen LogP contribution in [0.3, 0.4) is 0 Å². The second kappa shape index (κ2) is 7.71. The number of hydrogen-bond donors (Lipinski definition) is 2. The van der Waals surface area contributed by atoms with Crippen molar-refractivity contribution in [2.75, 3.05) is 6.61 Å². The van der Waals surface area contributed by atoms with Crippen LogP contribution in [0.2, 0.25) is 0 Å². The molecule has 0 spiro atoms. The summed E-state index contributed by atoms with van der Waals surface area (Å²) >= 11 is 0. The molecule has 4 nitrogen and oxygen atoms in total. The first kappa shape index (κ1) is 14.5. The molecule has 4 heteroatoms. The number of carbonyl (C=O) groups is 1. The Morgan fingerprint density at radius 1 is 1.22 bits per heavy atom. The molecular formula is C14H20O4. The predicted octanol–water partition coefficient (Wildman–Crippen LogP) is 2.76. The van der Waals surface area contributed by atoms with Crippen molar-refractivity contribution in [2.45, 2.75) is 38.7 Å². The minimum atomic E-state index is -1.47. The average molecular weight is 252 g/mol.